The molecule has 0 aliphatic rings. The average Bonchev–Trinajstić information content (AvgIpc) is 2.25. The molecular formula is C11H19N3O. The molecule has 0 saturated heterocycles. The Morgan fingerprint density at radius 1 is 1.40 bits per heavy atom. The van der Waals surface area contributed by atoms with Crippen LogP contribution in [0, 0.1) is 0 Å². The third-order valence-corrected chi connectivity index (χ3v) is 2.05. The molecule has 0 atom stereocenters. The molecule has 1 aromatic rings. The number of hydrogen-bond donors (Lipinski definition) is 1. The Labute approximate surface area is 91.1 Å². The highest BCUT2D eigenvalue weighted by Gasteiger charge is 1.96. The van der Waals surface area contributed by atoms with Crippen molar-refractivity contribution in [2.75, 3.05) is 27.2 Å². The quantitative estimate of drug-likeness (QED) is 0.698. The van der Waals surface area contributed by atoms with Gasteiger partial charge in [-0.3, -0.25) is 4.98 Å². The highest BCUT2D eigenvalue weighted by atomic mass is 16.5. The fourth-order valence-electron chi connectivity index (χ4n) is 1.09. The molecule has 0 unspecified atom stereocenters. The number of ether oxygens (including phenoxy) is 1. The Morgan fingerprint density at radius 2 is 2.20 bits per heavy atom. The highest BCUT2D eigenvalue weighted by molar-refractivity contribution is 5.13. The van der Waals surface area contributed by atoms with Crippen LogP contribution < -0.4 is 5.73 Å². The van der Waals surface area contributed by atoms with Gasteiger partial charge in [0.15, 0.2) is 0 Å². The lowest BCUT2D eigenvalue weighted by Crippen LogP contribution is -2.18. The number of hydrogen-bond acceptors (Lipinski definition) is 4. The highest BCUT2D eigenvalue weighted by Crippen LogP contribution is 2.00. The lowest BCUT2D eigenvalue weighted by Gasteiger charge is -2.09. The molecule has 1 aromatic heterocycles. The number of nitrogens with two attached hydrogens (primary N) is 1. The molecule has 4 nitrogen and oxygen atoms in total. The molecule has 0 aromatic carbocycles. The van der Waals surface area contributed by atoms with E-state index in [2.05, 4.69) is 9.88 Å². The van der Waals surface area contributed by atoms with E-state index in [1.807, 2.05) is 26.2 Å². The molecule has 15 heavy (non-hydrogen) atoms. The standard InChI is InChI=1S/C11H19N3O/c1-14(2)5-6-15-9-11-4-3-10(7-12)8-13-11/h3-4,8H,5-7,9,12H2,1-2H3. The molecule has 0 amide bonds. The molecule has 0 aliphatic carbocycles. The second kappa shape index (κ2) is 6.50. The summed E-state index contributed by atoms with van der Waals surface area (Å²) in [5.74, 6) is 0. The fourth-order valence-corrected chi connectivity index (χ4v) is 1.09. The number of pyridine rings is 1. The van der Waals surface area contributed by atoms with E-state index in [1.165, 1.54) is 0 Å². The molecule has 0 aliphatic heterocycles. The van der Waals surface area contributed by atoms with Crippen molar-refractivity contribution >= 4 is 0 Å². The van der Waals surface area contributed by atoms with E-state index in [4.69, 9.17) is 10.5 Å². The molecule has 1 rings (SSSR count). The van der Waals surface area contributed by atoms with E-state index in [1.54, 1.807) is 6.20 Å². The van der Waals surface area contributed by atoms with Crippen LogP contribution in [0.1, 0.15) is 11.3 Å². The predicted molar refractivity (Wildman–Crippen MR) is 60.3 cm³/mol. The second-order valence-electron chi connectivity index (χ2n) is 3.72. The third kappa shape index (κ3) is 4.88. The summed E-state index contributed by atoms with van der Waals surface area (Å²) in [5, 5.41) is 0. The maximum Gasteiger partial charge on any atom is 0.0888 e. The van der Waals surface area contributed by atoms with Crippen molar-refractivity contribution in [2.45, 2.75) is 13.2 Å². The second-order valence-corrected chi connectivity index (χ2v) is 3.72. The first-order chi connectivity index (χ1) is 7.22. The zero-order chi connectivity index (χ0) is 11.1. The Hall–Kier alpha value is -0.970. The van der Waals surface area contributed by atoms with Crippen molar-refractivity contribution in [2.24, 2.45) is 5.73 Å². The molecule has 0 radical (unpaired) electrons. The van der Waals surface area contributed by atoms with Crippen molar-refractivity contribution in [1.82, 2.24) is 9.88 Å². The summed E-state index contributed by atoms with van der Waals surface area (Å²) in [6.07, 6.45) is 1.80. The van der Waals surface area contributed by atoms with Crippen LogP contribution in [-0.2, 0) is 17.9 Å². The number of rotatable bonds is 6. The molecule has 0 fully saturated rings. The van der Waals surface area contributed by atoms with Gasteiger partial charge in [-0.15, -0.1) is 0 Å². The third-order valence-electron chi connectivity index (χ3n) is 2.05. The monoisotopic (exact) mass is 209 g/mol. The molecule has 0 spiro atoms. The maximum atomic E-state index is 5.48. The van der Waals surface area contributed by atoms with Gasteiger partial charge in [-0.2, -0.15) is 0 Å². The first-order valence-electron chi connectivity index (χ1n) is 5.08. The van der Waals surface area contributed by atoms with Gasteiger partial charge in [0.25, 0.3) is 0 Å². The largest absolute Gasteiger partial charge is 0.374 e. The van der Waals surface area contributed by atoms with Crippen LogP contribution in [0.25, 0.3) is 0 Å². The van der Waals surface area contributed by atoms with Crippen molar-refractivity contribution in [3.8, 4) is 0 Å². The van der Waals surface area contributed by atoms with Gasteiger partial charge in [0.1, 0.15) is 0 Å². The molecule has 0 saturated carbocycles. The number of likely N-dealkylation sites (N-methyl/N-ethyl adjacent to an activating group) is 1. The van der Waals surface area contributed by atoms with Gasteiger partial charge in [-0.1, -0.05) is 6.07 Å². The van der Waals surface area contributed by atoms with Crippen molar-refractivity contribution in [3.63, 3.8) is 0 Å². The smallest absolute Gasteiger partial charge is 0.0888 e. The van der Waals surface area contributed by atoms with Gasteiger partial charge >= 0.3 is 0 Å². The Morgan fingerprint density at radius 3 is 2.73 bits per heavy atom. The summed E-state index contributed by atoms with van der Waals surface area (Å²) >= 11 is 0. The first-order valence-corrected chi connectivity index (χ1v) is 5.08. The summed E-state index contributed by atoms with van der Waals surface area (Å²) in [4.78, 5) is 6.34. The number of nitrogens with zero attached hydrogens (tertiary/aromatic N) is 2. The summed E-state index contributed by atoms with van der Waals surface area (Å²) in [6, 6.07) is 3.94. The van der Waals surface area contributed by atoms with Crippen LogP contribution in [0.3, 0.4) is 0 Å². The van der Waals surface area contributed by atoms with Crippen LogP contribution >= 0.6 is 0 Å². The minimum atomic E-state index is 0.536. The predicted octanol–water partition coefficient (Wildman–Crippen LogP) is 0.618. The Kier molecular flexibility index (Phi) is 5.25. The lowest BCUT2D eigenvalue weighted by molar-refractivity contribution is 0.103. The van der Waals surface area contributed by atoms with Crippen LogP contribution in [-0.4, -0.2) is 37.1 Å². The van der Waals surface area contributed by atoms with Gasteiger partial charge in [-0.25, -0.2) is 0 Å². The Bertz CT molecular complexity index is 272. The van der Waals surface area contributed by atoms with Gasteiger partial charge in [0.05, 0.1) is 18.9 Å². The topological polar surface area (TPSA) is 51.4 Å². The maximum absolute atomic E-state index is 5.48. The zero-order valence-corrected chi connectivity index (χ0v) is 9.44. The summed E-state index contributed by atoms with van der Waals surface area (Å²) in [6.45, 7) is 2.77. The minimum absolute atomic E-state index is 0.536. The van der Waals surface area contributed by atoms with Crippen LogP contribution in [0.4, 0.5) is 0 Å². The minimum Gasteiger partial charge on any atom is -0.374 e. The van der Waals surface area contributed by atoms with Gasteiger partial charge in [-0.05, 0) is 25.7 Å². The van der Waals surface area contributed by atoms with E-state index in [9.17, 15) is 0 Å². The fraction of sp³-hybridized carbons (Fsp3) is 0.545. The van der Waals surface area contributed by atoms with Crippen LogP contribution in [0.15, 0.2) is 18.3 Å². The molecular weight excluding hydrogens is 190 g/mol. The van der Waals surface area contributed by atoms with E-state index in [-0.39, 0.29) is 0 Å². The normalized spacial score (nSPS) is 10.9. The van der Waals surface area contributed by atoms with Crippen molar-refractivity contribution in [1.29, 1.82) is 0 Å². The Balaban J connectivity index is 2.25. The zero-order valence-electron chi connectivity index (χ0n) is 9.44. The summed E-state index contributed by atoms with van der Waals surface area (Å²) in [5.41, 5.74) is 7.48. The molecule has 0 bridgehead atoms. The van der Waals surface area contributed by atoms with Crippen LogP contribution in [0.5, 0.6) is 0 Å². The van der Waals surface area contributed by atoms with Gasteiger partial charge in [0, 0.05) is 19.3 Å². The molecule has 84 valence electrons. The first kappa shape index (κ1) is 12.1. The van der Waals surface area contributed by atoms with Crippen molar-refractivity contribution < 1.29 is 4.74 Å². The van der Waals surface area contributed by atoms with E-state index in [0.29, 0.717) is 13.2 Å². The lowest BCUT2D eigenvalue weighted by atomic mass is 10.2. The molecule has 1 heterocycles. The van der Waals surface area contributed by atoms with Crippen LogP contribution in [0.2, 0.25) is 0 Å². The van der Waals surface area contributed by atoms with Gasteiger partial charge < -0.3 is 15.4 Å². The summed E-state index contributed by atoms with van der Waals surface area (Å²) < 4.78 is 5.47. The average molecular weight is 209 g/mol. The van der Waals surface area contributed by atoms with E-state index >= 15 is 0 Å². The summed E-state index contributed by atoms with van der Waals surface area (Å²) in [7, 11) is 4.05. The van der Waals surface area contributed by atoms with Crippen molar-refractivity contribution in [3.05, 3.63) is 29.6 Å². The SMILES string of the molecule is CN(C)CCOCc1ccc(CN)cn1. The van der Waals surface area contributed by atoms with E-state index in [0.717, 1.165) is 24.4 Å². The van der Waals surface area contributed by atoms with Gasteiger partial charge in [0.2, 0.25) is 0 Å². The van der Waals surface area contributed by atoms with E-state index < -0.39 is 0 Å². The number of aromatic nitrogens is 1. The molecule has 4 heteroatoms. The molecule has 2 N–H and O–H groups in total.